The van der Waals surface area contributed by atoms with E-state index in [0.717, 1.165) is 22.0 Å². The Morgan fingerprint density at radius 3 is 2.56 bits per heavy atom. The second-order valence-electron chi connectivity index (χ2n) is 5.27. The normalized spacial score (nSPS) is 10.6. The van der Waals surface area contributed by atoms with Gasteiger partial charge in [0.25, 0.3) is 0 Å². The van der Waals surface area contributed by atoms with E-state index in [1.54, 1.807) is 11.8 Å². The number of benzene rings is 2. The van der Waals surface area contributed by atoms with Gasteiger partial charge in [0.05, 0.1) is 11.4 Å². The summed E-state index contributed by atoms with van der Waals surface area (Å²) in [7, 11) is 1.91. The van der Waals surface area contributed by atoms with E-state index >= 15 is 0 Å². The largest absolute Gasteiger partial charge is 0.324 e. The molecule has 0 unspecified atom stereocenters. The van der Waals surface area contributed by atoms with Gasteiger partial charge >= 0.3 is 0 Å². The third-order valence-corrected chi connectivity index (χ3v) is 5.40. The predicted octanol–water partition coefficient (Wildman–Crippen LogP) is 3.93. The van der Waals surface area contributed by atoms with E-state index in [2.05, 4.69) is 15.5 Å². The van der Waals surface area contributed by atoms with E-state index in [9.17, 15) is 4.79 Å². The highest BCUT2D eigenvalue weighted by atomic mass is 32.2. The van der Waals surface area contributed by atoms with Crippen LogP contribution in [0, 0.1) is 0 Å². The molecule has 3 aromatic rings. The molecule has 128 valence electrons. The first kappa shape index (κ1) is 17.6. The van der Waals surface area contributed by atoms with Crippen LogP contribution in [-0.4, -0.2) is 32.7 Å². The standard InChI is InChI=1S/C18H18N4OS2/c1-22-17(13-8-4-3-5-9-13)20-21-18(22)25-12-16(23)19-14-10-6-7-11-15(14)24-2/h3-11H,12H2,1-2H3,(H,19,23). The SMILES string of the molecule is CSc1ccccc1NC(=O)CSc1nnc(-c2ccccc2)n1C. The molecule has 1 heterocycles. The number of rotatable bonds is 6. The van der Waals surface area contributed by atoms with Crippen molar-refractivity contribution in [1.82, 2.24) is 14.8 Å². The van der Waals surface area contributed by atoms with Crippen LogP contribution in [0.15, 0.2) is 64.6 Å². The molecular formula is C18H18N4OS2. The lowest BCUT2D eigenvalue weighted by Gasteiger charge is -2.09. The molecule has 0 atom stereocenters. The van der Waals surface area contributed by atoms with Crippen LogP contribution in [0.5, 0.6) is 0 Å². The molecule has 3 rings (SSSR count). The Balaban J connectivity index is 1.64. The lowest BCUT2D eigenvalue weighted by atomic mass is 10.2. The topological polar surface area (TPSA) is 59.8 Å². The van der Waals surface area contributed by atoms with Crippen LogP contribution in [0.3, 0.4) is 0 Å². The van der Waals surface area contributed by atoms with Gasteiger partial charge in [-0.15, -0.1) is 22.0 Å². The van der Waals surface area contributed by atoms with Crippen LogP contribution in [0.2, 0.25) is 0 Å². The van der Waals surface area contributed by atoms with Crippen LogP contribution in [0.4, 0.5) is 5.69 Å². The van der Waals surface area contributed by atoms with Gasteiger partial charge in [0, 0.05) is 17.5 Å². The van der Waals surface area contributed by atoms with Crippen LogP contribution < -0.4 is 5.32 Å². The second kappa shape index (κ2) is 8.22. The zero-order chi connectivity index (χ0) is 17.6. The van der Waals surface area contributed by atoms with Crippen molar-refractivity contribution in [2.24, 2.45) is 7.05 Å². The Bertz CT molecular complexity index is 865. The van der Waals surface area contributed by atoms with E-state index in [1.165, 1.54) is 11.8 Å². The van der Waals surface area contributed by atoms with Gasteiger partial charge in [0.15, 0.2) is 11.0 Å². The van der Waals surface area contributed by atoms with Gasteiger partial charge in [-0.2, -0.15) is 0 Å². The summed E-state index contributed by atoms with van der Waals surface area (Å²) in [6.07, 6.45) is 1.99. The van der Waals surface area contributed by atoms with Crippen molar-refractivity contribution in [3.05, 3.63) is 54.6 Å². The number of nitrogens with one attached hydrogen (secondary N) is 1. The summed E-state index contributed by atoms with van der Waals surface area (Å²) in [6, 6.07) is 17.6. The van der Waals surface area contributed by atoms with Crippen LogP contribution >= 0.6 is 23.5 Å². The molecule has 0 fully saturated rings. The Morgan fingerprint density at radius 2 is 1.80 bits per heavy atom. The predicted molar refractivity (Wildman–Crippen MR) is 104 cm³/mol. The van der Waals surface area contributed by atoms with Crippen LogP contribution in [0.25, 0.3) is 11.4 Å². The van der Waals surface area contributed by atoms with Crippen molar-refractivity contribution < 1.29 is 4.79 Å². The van der Waals surface area contributed by atoms with Gasteiger partial charge in [-0.25, -0.2) is 0 Å². The fourth-order valence-corrected chi connectivity index (χ4v) is 3.61. The van der Waals surface area contributed by atoms with E-state index in [-0.39, 0.29) is 11.7 Å². The van der Waals surface area contributed by atoms with Crippen LogP contribution in [0.1, 0.15) is 0 Å². The molecule has 25 heavy (non-hydrogen) atoms. The molecule has 2 aromatic carbocycles. The van der Waals surface area contributed by atoms with Gasteiger partial charge < -0.3 is 9.88 Å². The summed E-state index contributed by atoms with van der Waals surface area (Å²) in [5, 5.41) is 12.1. The van der Waals surface area contributed by atoms with E-state index in [4.69, 9.17) is 0 Å². The number of hydrogen-bond acceptors (Lipinski definition) is 5. The van der Waals surface area contributed by atoms with Crippen molar-refractivity contribution in [1.29, 1.82) is 0 Å². The minimum atomic E-state index is -0.0595. The van der Waals surface area contributed by atoms with Gasteiger partial charge in [0.2, 0.25) is 5.91 Å². The molecule has 5 nitrogen and oxygen atoms in total. The minimum Gasteiger partial charge on any atom is -0.324 e. The summed E-state index contributed by atoms with van der Waals surface area (Å²) in [6.45, 7) is 0. The van der Waals surface area contributed by atoms with Crippen molar-refractivity contribution in [3.63, 3.8) is 0 Å². The molecule has 1 N–H and O–H groups in total. The molecule has 0 aliphatic carbocycles. The maximum Gasteiger partial charge on any atom is 0.234 e. The highest BCUT2D eigenvalue weighted by molar-refractivity contribution is 7.99. The number of nitrogens with zero attached hydrogens (tertiary/aromatic N) is 3. The fraction of sp³-hybridized carbons (Fsp3) is 0.167. The average Bonchev–Trinajstić information content (AvgIpc) is 3.02. The molecule has 0 saturated carbocycles. The second-order valence-corrected chi connectivity index (χ2v) is 7.06. The lowest BCUT2D eigenvalue weighted by Crippen LogP contribution is -2.15. The van der Waals surface area contributed by atoms with Gasteiger partial charge in [-0.1, -0.05) is 54.2 Å². The molecule has 0 spiro atoms. The highest BCUT2D eigenvalue weighted by Gasteiger charge is 2.13. The molecule has 1 aromatic heterocycles. The van der Waals surface area contributed by atoms with Gasteiger partial charge in [-0.05, 0) is 18.4 Å². The maximum absolute atomic E-state index is 12.2. The van der Waals surface area contributed by atoms with E-state index < -0.39 is 0 Å². The fourth-order valence-electron chi connectivity index (χ4n) is 2.34. The third kappa shape index (κ3) is 4.24. The molecule has 0 saturated heterocycles. The first-order chi connectivity index (χ1) is 12.2. The molecule has 1 amide bonds. The first-order valence-electron chi connectivity index (χ1n) is 7.69. The summed E-state index contributed by atoms with van der Waals surface area (Å²) < 4.78 is 1.91. The average molecular weight is 371 g/mol. The number of thioether (sulfide) groups is 2. The number of para-hydroxylation sites is 1. The molecule has 0 bridgehead atoms. The Hall–Kier alpha value is -2.25. The highest BCUT2D eigenvalue weighted by Crippen LogP contribution is 2.26. The Labute approximate surface area is 155 Å². The maximum atomic E-state index is 12.2. The first-order valence-corrected chi connectivity index (χ1v) is 9.90. The number of anilines is 1. The Morgan fingerprint density at radius 1 is 1.08 bits per heavy atom. The molecule has 7 heteroatoms. The summed E-state index contributed by atoms with van der Waals surface area (Å²) >= 11 is 2.98. The number of carbonyl (C=O) groups excluding carboxylic acids is 1. The monoisotopic (exact) mass is 370 g/mol. The summed E-state index contributed by atoms with van der Waals surface area (Å²) in [5.74, 6) is 1.01. The van der Waals surface area contributed by atoms with Crippen molar-refractivity contribution in [2.45, 2.75) is 10.1 Å². The van der Waals surface area contributed by atoms with E-state index in [0.29, 0.717) is 5.16 Å². The Kier molecular flexibility index (Phi) is 5.78. The minimum absolute atomic E-state index is 0.0595. The number of carbonyl (C=O) groups is 1. The summed E-state index contributed by atoms with van der Waals surface area (Å²) in [4.78, 5) is 13.3. The van der Waals surface area contributed by atoms with Crippen molar-refractivity contribution in [2.75, 3.05) is 17.3 Å². The molecular weight excluding hydrogens is 352 g/mol. The summed E-state index contributed by atoms with van der Waals surface area (Å²) in [5.41, 5.74) is 1.84. The van der Waals surface area contributed by atoms with Crippen molar-refractivity contribution >= 4 is 35.1 Å². The number of aromatic nitrogens is 3. The zero-order valence-electron chi connectivity index (χ0n) is 14.0. The molecule has 0 aliphatic heterocycles. The molecule has 0 radical (unpaired) electrons. The van der Waals surface area contributed by atoms with Crippen molar-refractivity contribution in [3.8, 4) is 11.4 Å². The van der Waals surface area contributed by atoms with E-state index in [1.807, 2.05) is 72.5 Å². The number of amides is 1. The third-order valence-electron chi connectivity index (χ3n) is 3.58. The zero-order valence-corrected chi connectivity index (χ0v) is 15.6. The van der Waals surface area contributed by atoms with Gasteiger partial charge in [0.1, 0.15) is 0 Å². The van der Waals surface area contributed by atoms with Gasteiger partial charge in [-0.3, -0.25) is 4.79 Å². The number of hydrogen-bond donors (Lipinski definition) is 1. The lowest BCUT2D eigenvalue weighted by molar-refractivity contribution is -0.113. The smallest absolute Gasteiger partial charge is 0.234 e. The quantitative estimate of drug-likeness (QED) is 0.666. The molecule has 0 aliphatic rings. The van der Waals surface area contributed by atoms with Crippen LogP contribution in [-0.2, 0) is 11.8 Å².